The number of halogens is 3. The number of nitrogens with zero attached hydrogens (tertiary/aromatic N) is 6. The maximum atomic E-state index is 13.2. The van der Waals surface area contributed by atoms with E-state index in [0.29, 0.717) is 22.9 Å². The van der Waals surface area contributed by atoms with Crippen molar-refractivity contribution in [2.75, 3.05) is 50.1 Å². The van der Waals surface area contributed by atoms with Gasteiger partial charge in [0.25, 0.3) is 5.91 Å². The van der Waals surface area contributed by atoms with Gasteiger partial charge in [0.05, 0.1) is 54.9 Å². The van der Waals surface area contributed by atoms with Gasteiger partial charge in [-0.15, -0.1) is 0 Å². The number of aromatic nitrogens is 4. The van der Waals surface area contributed by atoms with Gasteiger partial charge in [-0.3, -0.25) is 14.5 Å². The van der Waals surface area contributed by atoms with E-state index in [-0.39, 0.29) is 11.3 Å². The number of carbonyl (C=O) groups is 1. The maximum absolute atomic E-state index is 13.2. The van der Waals surface area contributed by atoms with Crippen LogP contribution in [-0.2, 0) is 11.3 Å². The van der Waals surface area contributed by atoms with Gasteiger partial charge in [0.2, 0.25) is 0 Å². The van der Waals surface area contributed by atoms with Crippen LogP contribution < -0.4 is 10.2 Å². The second-order valence-electron chi connectivity index (χ2n) is 10.4. The lowest BCUT2D eigenvalue weighted by atomic mass is 9.91. The molecular weight excluding hydrogens is 499 g/mol. The van der Waals surface area contributed by atoms with Crippen molar-refractivity contribution < 1.29 is 22.7 Å². The Morgan fingerprint density at radius 3 is 2.76 bits per heavy atom. The molecule has 2 saturated heterocycles. The number of ether oxygens (including phenoxy) is 1. The molecule has 1 aliphatic carbocycles. The van der Waals surface area contributed by atoms with Gasteiger partial charge in [-0.25, -0.2) is 4.98 Å². The van der Waals surface area contributed by atoms with Gasteiger partial charge in [0.1, 0.15) is 17.8 Å². The third kappa shape index (κ3) is 5.23. The molecule has 0 radical (unpaired) electrons. The Labute approximate surface area is 217 Å². The van der Waals surface area contributed by atoms with Gasteiger partial charge in [-0.1, -0.05) is 6.07 Å². The number of anilines is 2. The number of likely N-dealkylation sites (N-methyl/N-ethyl adjacent to an activating group) is 1. The summed E-state index contributed by atoms with van der Waals surface area (Å²) in [6.45, 7) is 2.88. The van der Waals surface area contributed by atoms with E-state index in [4.69, 9.17) is 9.72 Å². The Balaban J connectivity index is 1.19. The molecule has 5 heterocycles. The number of hydrogen-bond acceptors (Lipinski definition) is 7. The highest BCUT2D eigenvalue weighted by molar-refractivity contribution is 6.03. The predicted molar refractivity (Wildman–Crippen MR) is 134 cm³/mol. The molecule has 1 amide bonds. The topological polar surface area (TPSA) is 88.4 Å². The van der Waals surface area contributed by atoms with Crippen molar-refractivity contribution in [2.24, 2.45) is 0 Å². The molecule has 6 rings (SSSR count). The van der Waals surface area contributed by atoms with Crippen molar-refractivity contribution in [3.63, 3.8) is 0 Å². The maximum Gasteiger partial charge on any atom is 0.408 e. The highest BCUT2D eigenvalue weighted by Gasteiger charge is 2.47. The molecule has 0 atom stereocenters. The molecule has 3 aromatic rings. The van der Waals surface area contributed by atoms with Crippen LogP contribution in [0.5, 0.6) is 0 Å². The minimum atomic E-state index is -4.38. The first kappa shape index (κ1) is 24.8. The summed E-state index contributed by atoms with van der Waals surface area (Å²) in [5.74, 6) is -0.0936. The van der Waals surface area contributed by atoms with Crippen molar-refractivity contribution in [1.82, 2.24) is 24.6 Å². The van der Waals surface area contributed by atoms with Crippen molar-refractivity contribution in [3.05, 3.63) is 54.2 Å². The fourth-order valence-corrected chi connectivity index (χ4v) is 5.15. The van der Waals surface area contributed by atoms with E-state index in [1.54, 1.807) is 18.2 Å². The van der Waals surface area contributed by atoms with Crippen LogP contribution in [-0.4, -0.2) is 82.2 Å². The van der Waals surface area contributed by atoms with Gasteiger partial charge < -0.3 is 19.9 Å². The monoisotopic (exact) mass is 527 g/mol. The fraction of sp³-hybridized carbons (Fsp3) is 0.462. The molecule has 200 valence electrons. The molecule has 1 N–H and O–H groups in total. The van der Waals surface area contributed by atoms with Gasteiger partial charge in [-0.2, -0.15) is 18.3 Å². The average Bonchev–Trinajstić information content (AvgIpc) is 3.60. The summed E-state index contributed by atoms with van der Waals surface area (Å²) in [6, 6.07) is 6.82. The molecule has 38 heavy (non-hydrogen) atoms. The van der Waals surface area contributed by atoms with Crippen LogP contribution in [0.25, 0.3) is 11.3 Å². The molecule has 0 bridgehead atoms. The lowest BCUT2D eigenvalue weighted by Crippen LogP contribution is -2.70. The second-order valence-corrected chi connectivity index (χ2v) is 10.4. The lowest BCUT2D eigenvalue weighted by Gasteiger charge is -2.54. The Morgan fingerprint density at radius 1 is 1.21 bits per heavy atom. The summed E-state index contributed by atoms with van der Waals surface area (Å²) in [7, 11) is 2.10. The van der Waals surface area contributed by atoms with Crippen molar-refractivity contribution >= 4 is 17.3 Å². The number of hydrogen-bond donors (Lipinski definition) is 1. The van der Waals surface area contributed by atoms with Gasteiger partial charge in [-0.05, 0) is 38.1 Å². The van der Waals surface area contributed by atoms with Crippen LogP contribution in [0.15, 0.2) is 42.9 Å². The number of morpholine rings is 1. The van der Waals surface area contributed by atoms with Crippen LogP contribution in [0.3, 0.4) is 0 Å². The first-order valence-corrected chi connectivity index (χ1v) is 12.6. The fourth-order valence-electron chi connectivity index (χ4n) is 5.15. The Morgan fingerprint density at radius 2 is 2.03 bits per heavy atom. The molecule has 1 spiro atoms. The molecule has 0 aromatic carbocycles. The summed E-state index contributed by atoms with van der Waals surface area (Å²) in [5.41, 5.74) is 3.19. The van der Waals surface area contributed by atoms with E-state index in [2.05, 4.69) is 32.2 Å². The number of nitrogens with one attached hydrogen (secondary N) is 1. The first-order valence-electron chi connectivity index (χ1n) is 12.6. The quantitative estimate of drug-likeness (QED) is 0.525. The lowest BCUT2D eigenvalue weighted by molar-refractivity contribution is -0.142. The number of rotatable bonds is 6. The van der Waals surface area contributed by atoms with E-state index >= 15 is 0 Å². The summed E-state index contributed by atoms with van der Waals surface area (Å²) < 4.78 is 45.0. The Bertz CT molecular complexity index is 1350. The number of carbonyl (C=O) groups excluding carboxylic acids is 1. The van der Waals surface area contributed by atoms with E-state index in [9.17, 15) is 18.0 Å². The third-order valence-electron chi connectivity index (χ3n) is 7.13. The van der Waals surface area contributed by atoms with Gasteiger partial charge in [0, 0.05) is 30.8 Å². The highest BCUT2D eigenvalue weighted by Crippen LogP contribution is 2.44. The molecule has 9 nitrogen and oxygen atoms in total. The minimum Gasteiger partial charge on any atom is -0.369 e. The van der Waals surface area contributed by atoms with E-state index in [0.717, 1.165) is 61.7 Å². The molecule has 12 heteroatoms. The zero-order valence-corrected chi connectivity index (χ0v) is 20.9. The summed E-state index contributed by atoms with van der Waals surface area (Å²) >= 11 is 0. The van der Waals surface area contributed by atoms with Gasteiger partial charge in [0.15, 0.2) is 0 Å². The van der Waals surface area contributed by atoms with Crippen LogP contribution in [0.2, 0.25) is 0 Å². The summed E-state index contributed by atoms with van der Waals surface area (Å²) in [4.78, 5) is 26.8. The number of amides is 1. The third-order valence-corrected chi connectivity index (χ3v) is 7.13. The number of pyridine rings is 2. The van der Waals surface area contributed by atoms with Crippen LogP contribution in [0, 0.1) is 0 Å². The van der Waals surface area contributed by atoms with E-state index in [1.165, 1.54) is 12.4 Å². The van der Waals surface area contributed by atoms with Gasteiger partial charge >= 0.3 is 6.18 Å². The van der Waals surface area contributed by atoms with Crippen LogP contribution in [0.1, 0.15) is 34.9 Å². The molecule has 0 unspecified atom stereocenters. The highest BCUT2D eigenvalue weighted by atomic mass is 19.4. The molecule has 3 fully saturated rings. The SMILES string of the molecule is CN1CCOC2(C1)CN(c1cnc(C3CC3)c(NC(=O)c3cccc(-c4cnn(CC(F)(F)F)c4)n3)c1)C2. The Hall–Kier alpha value is -3.51. The molecule has 3 aliphatic rings. The number of alkyl halides is 3. The first-order chi connectivity index (χ1) is 18.2. The molecular formula is C26H28F3N7O2. The average molecular weight is 528 g/mol. The zero-order chi connectivity index (χ0) is 26.5. The van der Waals surface area contributed by atoms with E-state index < -0.39 is 18.6 Å². The molecule has 2 aliphatic heterocycles. The standard InChI is InChI=1S/C26H28F3N7O2/c1-34-7-8-38-25(13-34)14-35(15-25)19-9-22(23(30-11-19)17-5-6-17)33-24(37)21-4-2-3-20(32-21)18-10-31-36(12-18)16-26(27,28)29/h2-4,9-12,17H,5-8,13-16H2,1H3,(H,33,37). The van der Waals surface area contributed by atoms with E-state index in [1.807, 2.05) is 12.3 Å². The van der Waals surface area contributed by atoms with Crippen LogP contribution >= 0.6 is 0 Å². The van der Waals surface area contributed by atoms with Crippen LogP contribution in [0.4, 0.5) is 24.5 Å². The molecule has 3 aromatic heterocycles. The van der Waals surface area contributed by atoms with Crippen molar-refractivity contribution in [2.45, 2.75) is 37.1 Å². The predicted octanol–water partition coefficient (Wildman–Crippen LogP) is 3.55. The largest absolute Gasteiger partial charge is 0.408 e. The van der Waals surface area contributed by atoms with Crippen molar-refractivity contribution in [1.29, 1.82) is 0 Å². The zero-order valence-electron chi connectivity index (χ0n) is 20.9. The second kappa shape index (κ2) is 9.35. The minimum absolute atomic E-state index is 0.153. The Kier molecular flexibility index (Phi) is 6.10. The summed E-state index contributed by atoms with van der Waals surface area (Å²) in [5, 5.41) is 6.75. The smallest absolute Gasteiger partial charge is 0.369 e. The normalized spacial score (nSPS) is 19.4. The summed E-state index contributed by atoms with van der Waals surface area (Å²) in [6.07, 6.45) is 2.11. The molecule has 1 saturated carbocycles. The van der Waals surface area contributed by atoms with Crippen molar-refractivity contribution in [3.8, 4) is 11.3 Å².